The zero-order valence-corrected chi connectivity index (χ0v) is 29.8. The predicted molar refractivity (Wildman–Crippen MR) is 166 cm³/mol. The van der Waals surface area contributed by atoms with Gasteiger partial charge in [-0.25, -0.2) is 0 Å². The van der Waals surface area contributed by atoms with Crippen LogP contribution >= 0.6 is 0 Å². The third-order valence-electron chi connectivity index (χ3n) is 5.09. The molecule has 2 rings (SSSR count). The van der Waals surface area contributed by atoms with Crippen molar-refractivity contribution in [1.29, 1.82) is 0 Å². The van der Waals surface area contributed by atoms with Crippen molar-refractivity contribution >= 4 is 29.3 Å². The Hall–Kier alpha value is -1.56. The van der Waals surface area contributed by atoms with Gasteiger partial charge in [-0.2, -0.15) is 5.92 Å². The Morgan fingerprint density at radius 3 is 1.62 bits per heavy atom. The molecule has 236 valence electrons. The van der Waals surface area contributed by atoms with Crippen molar-refractivity contribution in [1.82, 2.24) is 0 Å². The molecule has 0 aliphatic rings. The van der Waals surface area contributed by atoms with Crippen LogP contribution in [0, 0.1) is 18.8 Å². The standard InChI is InChI=1S/C16H26O4.C12H16O4.C4H9.BrH.Mg/c1-12(2)10-14(17)13-6-7-15(19-4)16(11-13)20-9-5-8-18-3;1-14-6-3-7-16-12-8-10(9-13)4-5-11(12)15-2;1-4(2)3;;/h6-7,11-12,14,17H,5,8-10H2,1-4H3;4-5,8-9H,3,6-7H2,1-2H3;4H,1H2,2-3H3;1H;/q;;-1;;+2/p-1. The van der Waals surface area contributed by atoms with Crippen LogP contribution in [-0.2, 0) is 9.47 Å². The van der Waals surface area contributed by atoms with Gasteiger partial charge in [0, 0.05) is 45.8 Å². The molecule has 0 aromatic heterocycles. The molecule has 0 amide bonds. The number of aliphatic hydroxyl groups is 1. The molecule has 1 N–H and O–H groups in total. The Labute approximate surface area is 280 Å². The van der Waals surface area contributed by atoms with Crippen molar-refractivity contribution in [2.75, 3.05) is 54.9 Å². The minimum Gasteiger partial charge on any atom is -1.00 e. The average Bonchev–Trinajstić information content (AvgIpc) is 2.93. The fourth-order valence-corrected chi connectivity index (χ4v) is 3.25. The quantitative estimate of drug-likeness (QED) is 0.126. The predicted octanol–water partition coefficient (Wildman–Crippen LogP) is 3.21. The largest absolute Gasteiger partial charge is 2.00 e. The van der Waals surface area contributed by atoms with Gasteiger partial charge in [-0.1, -0.05) is 33.8 Å². The number of hydrogen-bond acceptors (Lipinski definition) is 8. The molecule has 10 heteroatoms. The van der Waals surface area contributed by atoms with E-state index in [4.69, 9.17) is 28.4 Å². The molecule has 0 fully saturated rings. The zero-order chi connectivity index (χ0) is 30.3. The van der Waals surface area contributed by atoms with Crippen LogP contribution in [0.5, 0.6) is 23.0 Å². The molecular weight excluding hydrogens is 617 g/mol. The van der Waals surface area contributed by atoms with E-state index in [1.165, 1.54) is 0 Å². The third-order valence-corrected chi connectivity index (χ3v) is 5.09. The Morgan fingerprint density at radius 1 is 0.762 bits per heavy atom. The molecule has 0 bridgehead atoms. The average molecular weight is 668 g/mol. The Balaban J connectivity index is -0.000000625. The van der Waals surface area contributed by atoms with Crippen LogP contribution in [0.2, 0.25) is 0 Å². The first-order chi connectivity index (χ1) is 19.1. The van der Waals surface area contributed by atoms with Crippen LogP contribution in [0.1, 0.15) is 69.0 Å². The molecule has 0 saturated carbocycles. The van der Waals surface area contributed by atoms with E-state index in [-0.39, 0.29) is 40.0 Å². The molecule has 1 atom stereocenters. The zero-order valence-electron chi connectivity index (χ0n) is 26.8. The van der Waals surface area contributed by atoms with Gasteiger partial charge in [-0.05, 0) is 48.2 Å². The summed E-state index contributed by atoms with van der Waals surface area (Å²) in [4.78, 5) is 10.6. The second-order valence-corrected chi connectivity index (χ2v) is 9.87. The van der Waals surface area contributed by atoms with Crippen LogP contribution < -0.4 is 35.9 Å². The van der Waals surface area contributed by atoms with E-state index < -0.39 is 6.10 Å². The third kappa shape index (κ3) is 21.2. The molecule has 0 aliphatic heterocycles. The number of benzene rings is 2. The maximum Gasteiger partial charge on any atom is 2.00 e. The minimum atomic E-state index is -0.470. The summed E-state index contributed by atoms with van der Waals surface area (Å²) in [5, 5.41) is 10.2. The Kier molecular flexibility index (Phi) is 30.2. The number of aldehydes is 1. The van der Waals surface area contributed by atoms with Crippen LogP contribution in [-0.4, -0.2) is 89.3 Å². The van der Waals surface area contributed by atoms with Gasteiger partial charge in [0.25, 0.3) is 0 Å². The van der Waals surface area contributed by atoms with E-state index >= 15 is 0 Å². The van der Waals surface area contributed by atoms with Crippen molar-refractivity contribution < 1.29 is 55.3 Å². The van der Waals surface area contributed by atoms with Crippen LogP contribution in [0.25, 0.3) is 0 Å². The maximum absolute atomic E-state index is 10.6. The van der Waals surface area contributed by atoms with Crippen LogP contribution in [0.15, 0.2) is 36.4 Å². The normalized spacial score (nSPS) is 10.6. The molecule has 0 heterocycles. The molecule has 2 aromatic rings. The molecule has 0 aliphatic carbocycles. The van der Waals surface area contributed by atoms with Crippen molar-refractivity contribution in [3.63, 3.8) is 0 Å². The second kappa shape index (κ2) is 28.2. The molecule has 2 aromatic carbocycles. The van der Waals surface area contributed by atoms with Gasteiger partial charge in [-0.15, -0.1) is 0 Å². The summed E-state index contributed by atoms with van der Waals surface area (Å²) in [5.74, 6) is 3.59. The topological polar surface area (TPSA) is 92.7 Å². The van der Waals surface area contributed by atoms with E-state index in [0.29, 0.717) is 66.8 Å². The fourth-order valence-electron chi connectivity index (χ4n) is 3.25. The molecular formula is C32H51BrMgO8. The Morgan fingerprint density at radius 2 is 1.21 bits per heavy atom. The SMILES string of the molecule is COCCCOc1cc(C(O)CC(C)C)ccc1OC.COCCCOc1cc(C=O)ccc1OC.[Br-].[CH2-]C(C)C.[Mg+2]. The molecule has 0 radical (unpaired) electrons. The van der Waals surface area contributed by atoms with Gasteiger partial charge >= 0.3 is 23.1 Å². The van der Waals surface area contributed by atoms with E-state index in [1.807, 2.05) is 18.2 Å². The van der Waals surface area contributed by atoms with E-state index in [1.54, 1.807) is 46.6 Å². The number of carbonyl (C=O) groups excluding carboxylic acids is 1. The molecule has 1 unspecified atom stereocenters. The summed E-state index contributed by atoms with van der Waals surface area (Å²) >= 11 is 0. The number of carbonyl (C=O) groups is 1. The second-order valence-electron chi connectivity index (χ2n) is 9.87. The first kappa shape index (κ1) is 44.9. The molecule has 0 saturated heterocycles. The smallest absolute Gasteiger partial charge is 1.00 e. The summed E-state index contributed by atoms with van der Waals surface area (Å²) in [6, 6.07) is 10.7. The van der Waals surface area contributed by atoms with Gasteiger partial charge in [-0.3, -0.25) is 4.79 Å². The van der Waals surface area contributed by atoms with Crippen molar-refractivity contribution in [2.45, 2.75) is 53.1 Å². The van der Waals surface area contributed by atoms with Gasteiger partial charge in [0.1, 0.15) is 6.29 Å². The van der Waals surface area contributed by atoms with Crippen LogP contribution in [0.3, 0.4) is 0 Å². The summed E-state index contributed by atoms with van der Waals surface area (Å²) in [7, 11) is 6.50. The molecule has 8 nitrogen and oxygen atoms in total. The van der Waals surface area contributed by atoms with Gasteiger partial charge < -0.3 is 57.4 Å². The molecule has 42 heavy (non-hydrogen) atoms. The summed E-state index contributed by atoms with van der Waals surface area (Å²) in [6.45, 7) is 14.3. The van der Waals surface area contributed by atoms with Gasteiger partial charge in [0.2, 0.25) is 0 Å². The number of aliphatic hydroxyl groups excluding tert-OH is 1. The van der Waals surface area contributed by atoms with Crippen LogP contribution in [0.4, 0.5) is 0 Å². The summed E-state index contributed by atoms with van der Waals surface area (Å²) < 4.78 is 31.5. The van der Waals surface area contributed by atoms with Gasteiger partial charge in [0.05, 0.1) is 33.5 Å². The number of halogens is 1. The van der Waals surface area contributed by atoms with E-state index in [2.05, 4.69) is 34.6 Å². The van der Waals surface area contributed by atoms with E-state index in [0.717, 1.165) is 31.1 Å². The fraction of sp³-hybridized carbons (Fsp3) is 0.562. The maximum atomic E-state index is 10.6. The van der Waals surface area contributed by atoms with Crippen molar-refractivity contribution in [2.24, 2.45) is 11.8 Å². The first-order valence-electron chi connectivity index (χ1n) is 13.7. The summed E-state index contributed by atoms with van der Waals surface area (Å²) in [6.07, 6.45) is 2.66. The van der Waals surface area contributed by atoms with Gasteiger partial charge in [0.15, 0.2) is 23.0 Å². The number of rotatable bonds is 16. The number of ether oxygens (including phenoxy) is 6. The monoisotopic (exact) mass is 666 g/mol. The molecule has 0 spiro atoms. The minimum absolute atomic E-state index is 0. The summed E-state index contributed by atoms with van der Waals surface area (Å²) in [5.41, 5.74) is 1.43. The van der Waals surface area contributed by atoms with Crippen molar-refractivity contribution in [3.8, 4) is 23.0 Å². The number of methoxy groups -OCH3 is 4. The Bertz CT molecular complexity index is 925. The van der Waals surface area contributed by atoms with E-state index in [9.17, 15) is 9.90 Å². The van der Waals surface area contributed by atoms with Crippen molar-refractivity contribution in [3.05, 3.63) is 54.4 Å². The first-order valence-corrected chi connectivity index (χ1v) is 13.7. The number of hydrogen-bond donors (Lipinski definition) is 1.